The van der Waals surface area contributed by atoms with Gasteiger partial charge in [0.1, 0.15) is 17.7 Å². The number of benzene rings is 2. The van der Waals surface area contributed by atoms with E-state index in [-0.39, 0.29) is 23.0 Å². The lowest BCUT2D eigenvalue weighted by Gasteiger charge is -2.32. The molecule has 1 aliphatic carbocycles. The zero-order valence-electron chi connectivity index (χ0n) is 17.6. The number of halogens is 2. The van der Waals surface area contributed by atoms with E-state index in [1.54, 1.807) is 18.2 Å². The summed E-state index contributed by atoms with van der Waals surface area (Å²) >= 11 is 0. The number of carbonyl (C=O) groups excluding carboxylic acids is 1. The first-order chi connectivity index (χ1) is 15.5. The average Bonchev–Trinajstić information content (AvgIpc) is 3.30. The number of rotatable bonds is 4. The summed E-state index contributed by atoms with van der Waals surface area (Å²) in [6.45, 7) is 0.371. The Bertz CT molecular complexity index is 1100. The fraction of sp³-hybridized carbons (Fsp3) is 0.400. The number of amides is 1. The summed E-state index contributed by atoms with van der Waals surface area (Å²) in [7, 11) is 0. The van der Waals surface area contributed by atoms with Crippen LogP contribution in [0.3, 0.4) is 0 Å². The molecule has 1 aliphatic heterocycles. The van der Waals surface area contributed by atoms with Gasteiger partial charge in [-0.05, 0) is 79.5 Å². The van der Waals surface area contributed by atoms with Crippen molar-refractivity contribution < 1.29 is 18.4 Å². The lowest BCUT2D eigenvalue weighted by atomic mass is 9.78. The van der Waals surface area contributed by atoms with Crippen LogP contribution in [0.2, 0.25) is 0 Å². The molecular weight excluding hydrogens is 412 g/mol. The summed E-state index contributed by atoms with van der Waals surface area (Å²) in [6, 6.07) is 12.2. The molecule has 1 saturated carbocycles. The first-order valence-electron chi connectivity index (χ1n) is 10.8. The monoisotopic (exact) mass is 435 g/mol. The molecule has 1 saturated heterocycles. The van der Waals surface area contributed by atoms with E-state index in [9.17, 15) is 13.6 Å². The molecule has 5 nitrogen and oxygen atoms in total. The molecule has 0 unspecified atom stereocenters. The smallest absolute Gasteiger partial charge is 0.249 e. The van der Waals surface area contributed by atoms with Gasteiger partial charge < -0.3 is 0 Å². The minimum atomic E-state index is -0.508. The van der Waals surface area contributed by atoms with E-state index in [4.69, 9.17) is 15.4 Å². The van der Waals surface area contributed by atoms with Crippen LogP contribution in [-0.2, 0) is 16.1 Å². The molecule has 2 aromatic rings. The molecule has 0 radical (unpaired) electrons. The van der Waals surface area contributed by atoms with Crippen molar-refractivity contribution in [3.8, 4) is 12.1 Å². The van der Waals surface area contributed by atoms with Gasteiger partial charge in [0, 0.05) is 12.3 Å². The number of hydroxylamine groups is 2. The number of carbonyl (C=O) groups is 1. The molecule has 0 N–H and O–H groups in total. The average molecular weight is 435 g/mol. The van der Waals surface area contributed by atoms with Gasteiger partial charge in [0.25, 0.3) is 0 Å². The second kappa shape index (κ2) is 9.46. The van der Waals surface area contributed by atoms with Gasteiger partial charge in [0.15, 0.2) is 0 Å². The Labute approximate surface area is 185 Å². The number of nitrogens with zero attached hydrogens (tertiary/aromatic N) is 3. The van der Waals surface area contributed by atoms with Crippen molar-refractivity contribution in [2.75, 3.05) is 6.61 Å². The van der Waals surface area contributed by atoms with Crippen LogP contribution in [0.1, 0.15) is 60.4 Å². The van der Waals surface area contributed by atoms with E-state index >= 15 is 0 Å². The van der Waals surface area contributed by atoms with Crippen molar-refractivity contribution >= 4 is 5.91 Å². The van der Waals surface area contributed by atoms with Crippen LogP contribution in [0.4, 0.5) is 8.78 Å². The molecule has 1 atom stereocenters. The van der Waals surface area contributed by atoms with Crippen LogP contribution in [0.15, 0.2) is 36.4 Å². The predicted octanol–water partition coefficient (Wildman–Crippen LogP) is 4.96. The molecule has 2 aliphatic rings. The molecular formula is C25H23F2N3O2. The summed E-state index contributed by atoms with van der Waals surface area (Å²) < 4.78 is 27.5. The molecule has 1 heterocycles. The second-order valence-corrected chi connectivity index (χ2v) is 8.53. The summed E-state index contributed by atoms with van der Waals surface area (Å²) in [5, 5.41) is 19.5. The van der Waals surface area contributed by atoms with Crippen molar-refractivity contribution in [3.05, 3.63) is 70.3 Å². The molecule has 1 amide bonds. The highest BCUT2D eigenvalue weighted by molar-refractivity contribution is 5.78. The molecule has 32 heavy (non-hydrogen) atoms. The zero-order chi connectivity index (χ0) is 22.7. The molecule has 2 fully saturated rings. The van der Waals surface area contributed by atoms with Crippen molar-refractivity contribution in [2.24, 2.45) is 11.8 Å². The normalized spacial score (nSPS) is 22.9. The number of hydrogen-bond donors (Lipinski definition) is 0. The Morgan fingerprint density at radius 3 is 2.53 bits per heavy atom. The largest absolute Gasteiger partial charge is 0.272 e. The van der Waals surface area contributed by atoms with Crippen molar-refractivity contribution in [1.29, 1.82) is 10.5 Å². The standard InChI is InChI=1S/C25H23F2N3O2/c26-22-12-18(14-28)11-20(13-22)24-7-8-32-30(24)25(31)19-4-1-16(2-5-19)9-17-3-6-23(27)21(10-17)15-29/h3,6,10-13,16,19,24H,1-2,4-5,7-9H2/t16?,19?,24-/m0/s1. The van der Waals surface area contributed by atoms with E-state index in [0.29, 0.717) is 24.5 Å². The summed E-state index contributed by atoms with van der Waals surface area (Å²) in [5.41, 5.74) is 1.78. The highest BCUT2D eigenvalue weighted by atomic mass is 19.1. The first kappa shape index (κ1) is 21.9. The maximum absolute atomic E-state index is 13.9. The quantitative estimate of drug-likeness (QED) is 0.680. The van der Waals surface area contributed by atoms with E-state index in [2.05, 4.69) is 0 Å². The van der Waals surface area contributed by atoms with Gasteiger partial charge in [0.05, 0.1) is 29.8 Å². The summed E-state index contributed by atoms with van der Waals surface area (Å²) in [5.74, 6) is -0.904. The third kappa shape index (κ3) is 4.64. The minimum Gasteiger partial charge on any atom is -0.272 e. The van der Waals surface area contributed by atoms with Crippen LogP contribution in [0, 0.1) is 46.1 Å². The molecule has 2 aromatic carbocycles. The fourth-order valence-corrected chi connectivity index (χ4v) is 4.77. The maximum Gasteiger partial charge on any atom is 0.249 e. The maximum atomic E-state index is 13.9. The van der Waals surface area contributed by atoms with E-state index in [1.165, 1.54) is 23.3 Å². The summed E-state index contributed by atoms with van der Waals surface area (Å²) in [4.78, 5) is 18.8. The van der Waals surface area contributed by atoms with Crippen LogP contribution in [0.5, 0.6) is 0 Å². The fourth-order valence-electron chi connectivity index (χ4n) is 4.77. The third-order valence-corrected chi connectivity index (χ3v) is 6.43. The van der Waals surface area contributed by atoms with Crippen molar-refractivity contribution in [1.82, 2.24) is 5.06 Å². The Kier molecular flexibility index (Phi) is 6.48. The molecule has 4 rings (SSSR count). The van der Waals surface area contributed by atoms with Gasteiger partial charge in [-0.2, -0.15) is 10.5 Å². The Hall–Kier alpha value is -3.29. The van der Waals surface area contributed by atoms with E-state index in [1.807, 2.05) is 12.1 Å². The van der Waals surface area contributed by atoms with Gasteiger partial charge in [-0.1, -0.05) is 6.07 Å². The topological polar surface area (TPSA) is 77.1 Å². The zero-order valence-corrected chi connectivity index (χ0v) is 17.6. The number of nitriles is 2. The predicted molar refractivity (Wildman–Crippen MR) is 112 cm³/mol. The van der Waals surface area contributed by atoms with Crippen LogP contribution < -0.4 is 0 Å². The minimum absolute atomic E-state index is 0.0560. The van der Waals surface area contributed by atoms with Crippen LogP contribution in [0.25, 0.3) is 0 Å². The molecule has 0 spiro atoms. The van der Waals surface area contributed by atoms with Crippen molar-refractivity contribution in [3.63, 3.8) is 0 Å². The van der Waals surface area contributed by atoms with E-state index < -0.39 is 17.7 Å². The Balaban J connectivity index is 1.38. The molecule has 7 heteroatoms. The lowest BCUT2D eigenvalue weighted by molar-refractivity contribution is -0.183. The first-order valence-corrected chi connectivity index (χ1v) is 10.8. The van der Waals surface area contributed by atoms with Crippen LogP contribution in [-0.4, -0.2) is 17.6 Å². The van der Waals surface area contributed by atoms with Crippen LogP contribution >= 0.6 is 0 Å². The second-order valence-electron chi connectivity index (χ2n) is 8.53. The van der Waals surface area contributed by atoms with Gasteiger partial charge in [-0.25, -0.2) is 13.8 Å². The van der Waals surface area contributed by atoms with Gasteiger partial charge in [-0.15, -0.1) is 0 Å². The van der Waals surface area contributed by atoms with Gasteiger partial charge >= 0.3 is 0 Å². The number of hydrogen-bond acceptors (Lipinski definition) is 4. The SMILES string of the molecule is N#Cc1cc(F)cc([C@@H]2CCON2C(=O)C2CCC(Cc3ccc(F)c(C#N)c3)CC2)c1. The summed E-state index contributed by atoms with van der Waals surface area (Å²) in [6.07, 6.45) is 4.45. The lowest BCUT2D eigenvalue weighted by Crippen LogP contribution is -2.36. The van der Waals surface area contributed by atoms with Gasteiger partial charge in [0.2, 0.25) is 5.91 Å². The Morgan fingerprint density at radius 2 is 1.81 bits per heavy atom. The van der Waals surface area contributed by atoms with Crippen molar-refractivity contribution in [2.45, 2.75) is 44.6 Å². The van der Waals surface area contributed by atoms with Gasteiger partial charge in [-0.3, -0.25) is 9.63 Å². The Morgan fingerprint density at radius 1 is 1.03 bits per heavy atom. The highest BCUT2D eigenvalue weighted by Crippen LogP contribution is 2.37. The highest BCUT2D eigenvalue weighted by Gasteiger charge is 2.37. The molecule has 0 aromatic heterocycles. The third-order valence-electron chi connectivity index (χ3n) is 6.43. The molecule has 164 valence electrons. The molecule has 0 bridgehead atoms. The van der Waals surface area contributed by atoms with E-state index in [0.717, 1.165) is 37.7 Å².